The van der Waals surface area contributed by atoms with E-state index >= 15 is 0 Å². The van der Waals surface area contributed by atoms with Crippen molar-refractivity contribution < 1.29 is 14.2 Å². The lowest BCUT2D eigenvalue weighted by Crippen LogP contribution is -2.34. The third-order valence-corrected chi connectivity index (χ3v) is 3.20. The first-order valence-corrected chi connectivity index (χ1v) is 6.10. The van der Waals surface area contributed by atoms with Crippen LogP contribution in [0, 0.1) is 5.82 Å². The molecule has 1 aromatic rings. The molecular weight excluding hydrogens is 275 g/mol. The van der Waals surface area contributed by atoms with Crippen molar-refractivity contribution in [2.24, 2.45) is 0 Å². The van der Waals surface area contributed by atoms with Crippen LogP contribution in [0.1, 0.15) is 26.7 Å². The standard InChI is InChI=1S/C12H16BrFO2/c1-3-12(15,4-2)8-16-11-7-9(13)5-6-10(11)14/h5-7,15H,3-4,8H2,1-2H3. The van der Waals surface area contributed by atoms with Gasteiger partial charge < -0.3 is 9.84 Å². The zero-order chi connectivity index (χ0) is 12.2. The Morgan fingerprint density at radius 3 is 2.56 bits per heavy atom. The number of aliphatic hydroxyl groups is 1. The fourth-order valence-corrected chi connectivity index (χ4v) is 1.59. The van der Waals surface area contributed by atoms with Crippen molar-refractivity contribution >= 4 is 15.9 Å². The van der Waals surface area contributed by atoms with Crippen molar-refractivity contribution in [3.05, 3.63) is 28.5 Å². The lowest BCUT2D eigenvalue weighted by atomic mass is 9.99. The summed E-state index contributed by atoms with van der Waals surface area (Å²) >= 11 is 3.24. The molecule has 4 heteroatoms. The summed E-state index contributed by atoms with van der Waals surface area (Å²) in [5.41, 5.74) is -0.880. The topological polar surface area (TPSA) is 29.5 Å². The van der Waals surface area contributed by atoms with Crippen molar-refractivity contribution in [3.8, 4) is 5.75 Å². The predicted octanol–water partition coefficient (Wildman–Crippen LogP) is 3.52. The molecule has 1 N–H and O–H groups in total. The van der Waals surface area contributed by atoms with Gasteiger partial charge in [-0.25, -0.2) is 4.39 Å². The van der Waals surface area contributed by atoms with Crippen LogP contribution in [0.5, 0.6) is 5.75 Å². The van der Waals surface area contributed by atoms with E-state index in [1.165, 1.54) is 6.07 Å². The first kappa shape index (κ1) is 13.5. The van der Waals surface area contributed by atoms with Gasteiger partial charge in [0.25, 0.3) is 0 Å². The second-order valence-corrected chi connectivity index (χ2v) is 4.71. The highest BCUT2D eigenvalue weighted by Crippen LogP contribution is 2.24. The van der Waals surface area contributed by atoms with Crippen LogP contribution >= 0.6 is 15.9 Å². The molecule has 0 atom stereocenters. The van der Waals surface area contributed by atoms with E-state index in [0.29, 0.717) is 12.8 Å². The van der Waals surface area contributed by atoms with Gasteiger partial charge in [-0.05, 0) is 31.0 Å². The van der Waals surface area contributed by atoms with E-state index in [0.717, 1.165) is 4.47 Å². The molecule has 0 saturated carbocycles. The molecule has 0 fully saturated rings. The molecule has 1 aromatic carbocycles. The minimum Gasteiger partial charge on any atom is -0.487 e. The molecule has 0 unspecified atom stereocenters. The van der Waals surface area contributed by atoms with Gasteiger partial charge >= 0.3 is 0 Å². The molecule has 0 bridgehead atoms. The summed E-state index contributed by atoms with van der Waals surface area (Å²) in [6.07, 6.45) is 1.16. The van der Waals surface area contributed by atoms with Crippen LogP contribution in [0.15, 0.2) is 22.7 Å². The van der Waals surface area contributed by atoms with Crippen molar-refractivity contribution in [2.75, 3.05) is 6.61 Å². The van der Waals surface area contributed by atoms with Gasteiger partial charge in [0.1, 0.15) is 6.61 Å². The molecule has 16 heavy (non-hydrogen) atoms. The molecule has 0 radical (unpaired) electrons. The first-order chi connectivity index (χ1) is 7.50. The van der Waals surface area contributed by atoms with E-state index in [4.69, 9.17) is 4.74 Å². The van der Waals surface area contributed by atoms with E-state index in [-0.39, 0.29) is 12.4 Å². The number of benzene rings is 1. The first-order valence-electron chi connectivity index (χ1n) is 5.31. The van der Waals surface area contributed by atoms with E-state index in [9.17, 15) is 9.50 Å². The molecule has 90 valence electrons. The van der Waals surface area contributed by atoms with Crippen molar-refractivity contribution in [2.45, 2.75) is 32.3 Å². The summed E-state index contributed by atoms with van der Waals surface area (Å²) in [5, 5.41) is 9.99. The largest absolute Gasteiger partial charge is 0.487 e. The van der Waals surface area contributed by atoms with Crippen LogP contribution in [0.4, 0.5) is 4.39 Å². The molecule has 0 aromatic heterocycles. The summed E-state index contributed by atoms with van der Waals surface area (Å²) < 4.78 is 19.4. The molecule has 0 spiro atoms. The second-order valence-electron chi connectivity index (χ2n) is 3.79. The fraction of sp³-hybridized carbons (Fsp3) is 0.500. The van der Waals surface area contributed by atoms with Gasteiger partial charge in [0.05, 0.1) is 5.60 Å². The molecule has 0 aliphatic heterocycles. The zero-order valence-electron chi connectivity index (χ0n) is 9.46. The van der Waals surface area contributed by atoms with Gasteiger partial charge in [0.2, 0.25) is 0 Å². The highest BCUT2D eigenvalue weighted by Gasteiger charge is 2.23. The molecule has 0 amide bonds. The van der Waals surface area contributed by atoms with Crippen molar-refractivity contribution in [1.29, 1.82) is 0 Å². The van der Waals surface area contributed by atoms with E-state index in [1.807, 2.05) is 13.8 Å². The van der Waals surface area contributed by atoms with Gasteiger partial charge in [-0.15, -0.1) is 0 Å². The number of hydrogen-bond acceptors (Lipinski definition) is 2. The molecular formula is C12H16BrFO2. The molecule has 0 aliphatic carbocycles. The Morgan fingerprint density at radius 1 is 1.38 bits per heavy atom. The van der Waals surface area contributed by atoms with Crippen molar-refractivity contribution in [1.82, 2.24) is 0 Å². The van der Waals surface area contributed by atoms with Gasteiger partial charge in [-0.2, -0.15) is 0 Å². The van der Waals surface area contributed by atoms with Crippen molar-refractivity contribution in [3.63, 3.8) is 0 Å². The summed E-state index contributed by atoms with van der Waals surface area (Å²) in [7, 11) is 0. The molecule has 0 saturated heterocycles. The summed E-state index contributed by atoms with van der Waals surface area (Å²) in [5.74, 6) is -0.257. The van der Waals surface area contributed by atoms with E-state index in [2.05, 4.69) is 15.9 Å². The quantitative estimate of drug-likeness (QED) is 0.899. The Balaban J connectivity index is 2.70. The maximum atomic E-state index is 13.3. The summed E-state index contributed by atoms with van der Waals surface area (Å²) in [6.45, 7) is 3.86. The minimum absolute atomic E-state index is 0.105. The minimum atomic E-state index is -0.880. The van der Waals surface area contributed by atoms with Crippen LogP contribution in [0.2, 0.25) is 0 Å². The third kappa shape index (κ3) is 3.46. The molecule has 2 nitrogen and oxygen atoms in total. The van der Waals surface area contributed by atoms with Crippen LogP contribution < -0.4 is 4.74 Å². The zero-order valence-corrected chi connectivity index (χ0v) is 11.1. The van der Waals surface area contributed by atoms with Gasteiger partial charge in [-0.3, -0.25) is 0 Å². The predicted molar refractivity (Wildman–Crippen MR) is 65.1 cm³/mol. The van der Waals surface area contributed by atoms with Crippen LogP contribution in [0.3, 0.4) is 0 Å². The molecule has 0 aliphatic rings. The van der Waals surface area contributed by atoms with Gasteiger partial charge in [-0.1, -0.05) is 29.8 Å². The monoisotopic (exact) mass is 290 g/mol. The summed E-state index contributed by atoms with van der Waals surface area (Å²) in [6, 6.07) is 4.49. The maximum Gasteiger partial charge on any atom is 0.165 e. The van der Waals surface area contributed by atoms with E-state index < -0.39 is 11.4 Å². The number of hydrogen-bond donors (Lipinski definition) is 1. The lowest BCUT2D eigenvalue weighted by Gasteiger charge is -2.25. The van der Waals surface area contributed by atoms with Crippen LogP contribution in [-0.2, 0) is 0 Å². The van der Waals surface area contributed by atoms with Gasteiger partial charge in [0.15, 0.2) is 11.6 Å². The number of halogens is 2. The molecule has 1 rings (SSSR count). The summed E-state index contributed by atoms with van der Waals surface area (Å²) in [4.78, 5) is 0. The Kier molecular flexibility index (Phi) is 4.74. The third-order valence-electron chi connectivity index (χ3n) is 2.71. The lowest BCUT2D eigenvalue weighted by molar-refractivity contribution is -0.0123. The van der Waals surface area contributed by atoms with Crippen LogP contribution in [0.25, 0.3) is 0 Å². The average Bonchev–Trinajstić information content (AvgIpc) is 2.30. The highest BCUT2D eigenvalue weighted by molar-refractivity contribution is 9.10. The SMILES string of the molecule is CCC(O)(CC)COc1cc(Br)ccc1F. The Labute approximate surface area is 104 Å². The average molecular weight is 291 g/mol. The Bertz CT molecular complexity index is 351. The Hall–Kier alpha value is -0.610. The number of ether oxygens (including phenoxy) is 1. The normalized spacial score (nSPS) is 11.6. The second kappa shape index (κ2) is 5.64. The number of rotatable bonds is 5. The van der Waals surface area contributed by atoms with Crippen LogP contribution in [-0.4, -0.2) is 17.3 Å². The van der Waals surface area contributed by atoms with E-state index in [1.54, 1.807) is 12.1 Å². The van der Waals surface area contributed by atoms with Gasteiger partial charge in [0, 0.05) is 4.47 Å². The fourth-order valence-electron chi connectivity index (χ4n) is 1.25. The molecule has 0 heterocycles. The highest BCUT2D eigenvalue weighted by atomic mass is 79.9. The smallest absolute Gasteiger partial charge is 0.165 e. The maximum absolute atomic E-state index is 13.3. The Morgan fingerprint density at radius 2 is 2.00 bits per heavy atom.